The minimum atomic E-state index is -1.37. The second-order valence-corrected chi connectivity index (χ2v) is 9.34. The van der Waals surface area contributed by atoms with Crippen molar-refractivity contribution in [1.29, 1.82) is 0 Å². The van der Waals surface area contributed by atoms with Gasteiger partial charge in [-0.2, -0.15) is 5.01 Å². The molecular formula is C24H26N4O4S. The summed E-state index contributed by atoms with van der Waals surface area (Å²) in [6.07, 6.45) is 0.604. The number of carbonyl (C=O) groups is 3. The lowest BCUT2D eigenvalue weighted by atomic mass is 10.0. The van der Waals surface area contributed by atoms with Gasteiger partial charge in [-0.05, 0) is 50.2 Å². The summed E-state index contributed by atoms with van der Waals surface area (Å²) in [5.41, 5.74) is 3.55. The van der Waals surface area contributed by atoms with Crippen molar-refractivity contribution in [2.75, 3.05) is 18.1 Å². The summed E-state index contributed by atoms with van der Waals surface area (Å²) in [7, 11) is 0. The molecule has 1 spiro atoms. The van der Waals surface area contributed by atoms with Gasteiger partial charge in [0, 0.05) is 26.0 Å². The first-order valence-electron chi connectivity index (χ1n) is 10.7. The minimum absolute atomic E-state index is 0.225. The van der Waals surface area contributed by atoms with Gasteiger partial charge >= 0.3 is 0 Å². The highest BCUT2D eigenvalue weighted by molar-refractivity contribution is 8.15. The number of fused-ring (bicyclic) bond motifs is 2. The number of hydrogen-bond donors (Lipinski definition) is 1. The van der Waals surface area contributed by atoms with Crippen molar-refractivity contribution in [3.63, 3.8) is 0 Å². The molecule has 0 bridgehead atoms. The van der Waals surface area contributed by atoms with E-state index in [4.69, 9.17) is 4.74 Å². The fourth-order valence-corrected chi connectivity index (χ4v) is 5.32. The van der Waals surface area contributed by atoms with Gasteiger partial charge in [0.25, 0.3) is 5.91 Å². The van der Waals surface area contributed by atoms with Gasteiger partial charge in [0.1, 0.15) is 5.75 Å². The van der Waals surface area contributed by atoms with Gasteiger partial charge < -0.3 is 15.0 Å². The van der Waals surface area contributed by atoms with Crippen molar-refractivity contribution in [3.8, 4) is 5.75 Å². The summed E-state index contributed by atoms with van der Waals surface area (Å²) in [6.45, 7) is 7.54. The maximum atomic E-state index is 13.8. The minimum Gasteiger partial charge on any atom is -0.494 e. The molecule has 3 amide bonds. The maximum Gasteiger partial charge on any atom is 0.270 e. The molecule has 2 aliphatic heterocycles. The molecule has 8 nitrogen and oxygen atoms in total. The Morgan fingerprint density at radius 3 is 2.45 bits per heavy atom. The van der Waals surface area contributed by atoms with E-state index in [-0.39, 0.29) is 22.9 Å². The van der Waals surface area contributed by atoms with E-state index in [1.807, 2.05) is 56.3 Å². The normalized spacial score (nSPS) is 19.0. The molecule has 2 aliphatic rings. The molecule has 2 heterocycles. The Balaban J connectivity index is 1.58. The topological polar surface area (TPSA) is 91.3 Å². The largest absolute Gasteiger partial charge is 0.494 e. The average Bonchev–Trinajstić information content (AvgIpc) is 3.24. The highest BCUT2D eigenvalue weighted by Crippen LogP contribution is 2.54. The first-order chi connectivity index (χ1) is 15.7. The maximum absolute atomic E-state index is 13.8. The van der Waals surface area contributed by atoms with Crippen molar-refractivity contribution in [2.45, 2.75) is 39.0 Å². The summed E-state index contributed by atoms with van der Waals surface area (Å²) in [4.78, 5) is 38.3. The molecule has 9 heteroatoms. The molecule has 1 atom stereocenters. The van der Waals surface area contributed by atoms with E-state index in [9.17, 15) is 14.4 Å². The summed E-state index contributed by atoms with van der Waals surface area (Å²) >= 11 is 1.09. The van der Waals surface area contributed by atoms with Crippen LogP contribution in [0.2, 0.25) is 0 Å². The van der Waals surface area contributed by atoms with Gasteiger partial charge in [0.2, 0.25) is 16.7 Å². The molecule has 0 fully saturated rings. The quantitative estimate of drug-likeness (QED) is 0.683. The number of rotatable bonds is 5. The Morgan fingerprint density at radius 1 is 1.09 bits per heavy atom. The van der Waals surface area contributed by atoms with Crippen LogP contribution in [-0.2, 0) is 19.3 Å². The zero-order chi connectivity index (χ0) is 23.8. The SMILES string of the molecule is CC(=O)NC1=NN(C(C)=O)[C@@]2(S1)C(=O)N(CCCOc1ccc(C)cc1)c1ccc(C)cc12. The highest BCUT2D eigenvalue weighted by atomic mass is 32.2. The molecule has 0 aliphatic carbocycles. The standard InChI is InChI=1S/C24H26N4O4S/c1-15-6-9-19(10-7-15)32-13-5-12-27-21-11-8-16(2)14-20(21)24(22(27)31)28(18(4)30)26-23(33-24)25-17(3)29/h6-11,14H,5,12-13H2,1-4H3,(H,25,26,29)/t24-/m0/s1. The molecule has 0 saturated heterocycles. The van der Waals surface area contributed by atoms with Gasteiger partial charge in [-0.15, -0.1) is 5.10 Å². The van der Waals surface area contributed by atoms with E-state index in [1.54, 1.807) is 4.90 Å². The molecule has 0 aromatic heterocycles. The van der Waals surface area contributed by atoms with Gasteiger partial charge in [-0.3, -0.25) is 14.4 Å². The number of benzene rings is 2. The van der Waals surface area contributed by atoms with Crippen LogP contribution in [0.5, 0.6) is 5.75 Å². The fourth-order valence-electron chi connectivity index (χ4n) is 3.99. The molecule has 0 unspecified atom stereocenters. The Bertz CT molecular complexity index is 1150. The van der Waals surface area contributed by atoms with Crippen molar-refractivity contribution in [2.24, 2.45) is 5.10 Å². The number of nitrogens with zero attached hydrogens (tertiary/aromatic N) is 3. The summed E-state index contributed by atoms with van der Waals surface area (Å²) in [5, 5.41) is 8.31. The molecular weight excluding hydrogens is 440 g/mol. The molecule has 2 aromatic rings. The van der Waals surface area contributed by atoms with E-state index in [1.165, 1.54) is 18.9 Å². The first kappa shape index (κ1) is 22.8. The molecule has 4 rings (SSSR count). The number of amides is 3. The lowest BCUT2D eigenvalue weighted by molar-refractivity contribution is -0.139. The number of anilines is 1. The predicted octanol–water partition coefficient (Wildman–Crippen LogP) is 3.27. The van der Waals surface area contributed by atoms with Gasteiger partial charge in [-0.1, -0.05) is 35.4 Å². The smallest absolute Gasteiger partial charge is 0.270 e. The van der Waals surface area contributed by atoms with Crippen molar-refractivity contribution in [3.05, 3.63) is 59.2 Å². The average molecular weight is 467 g/mol. The number of hydrazone groups is 1. The molecule has 2 aromatic carbocycles. The Labute approximate surface area is 197 Å². The molecule has 0 saturated carbocycles. The van der Waals surface area contributed by atoms with Crippen LogP contribution in [0.4, 0.5) is 5.69 Å². The first-order valence-corrected chi connectivity index (χ1v) is 11.5. The van der Waals surface area contributed by atoms with Crippen LogP contribution in [0.3, 0.4) is 0 Å². The Morgan fingerprint density at radius 2 is 1.79 bits per heavy atom. The second kappa shape index (κ2) is 8.90. The summed E-state index contributed by atoms with van der Waals surface area (Å²) < 4.78 is 5.82. The van der Waals surface area contributed by atoms with Crippen LogP contribution in [0, 0.1) is 13.8 Å². The Kier molecular flexibility index (Phi) is 6.16. The number of carbonyl (C=O) groups excluding carboxylic acids is 3. The van der Waals surface area contributed by atoms with Crippen molar-refractivity contribution >= 4 is 40.3 Å². The fraction of sp³-hybridized carbons (Fsp3) is 0.333. The van der Waals surface area contributed by atoms with Crippen LogP contribution in [0.15, 0.2) is 47.6 Å². The predicted molar refractivity (Wildman–Crippen MR) is 128 cm³/mol. The zero-order valence-corrected chi connectivity index (χ0v) is 19.9. The van der Waals surface area contributed by atoms with Crippen LogP contribution >= 0.6 is 11.8 Å². The van der Waals surface area contributed by atoms with Crippen LogP contribution < -0.4 is 15.0 Å². The van der Waals surface area contributed by atoms with Crippen LogP contribution in [-0.4, -0.2) is 41.0 Å². The van der Waals surface area contributed by atoms with Gasteiger partial charge in [0.15, 0.2) is 5.17 Å². The molecule has 0 radical (unpaired) electrons. The van der Waals surface area contributed by atoms with E-state index in [0.29, 0.717) is 25.1 Å². The number of nitrogens with one attached hydrogen (secondary N) is 1. The van der Waals surface area contributed by atoms with Crippen LogP contribution in [0.1, 0.15) is 37.0 Å². The number of thioether (sulfide) groups is 1. The van der Waals surface area contributed by atoms with Gasteiger partial charge in [-0.25, -0.2) is 0 Å². The van der Waals surface area contributed by atoms with Crippen molar-refractivity contribution in [1.82, 2.24) is 10.3 Å². The number of hydrogen-bond acceptors (Lipinski definition) is 6. The van der Waals surface area contributed by atoms with E-state index in [0.717, 1.165) is 34.3 Å². The van der Waals surface area contributed by atoms with E-state index in [2.05, 4.69) is 10.4 Å². The summed E-state index contributed by atoms with van der Waals surface area (Å²) in [5.74, 6) is -0.180. The molecule has 172 valence electrons. The third-order valence-electron chi connectivity index (χ3n) is 5.47. The summed E-state index contributed by atoms with van der Waals surface area (Å²) in [6, 6.07) is 13.6. The van der Waals surface area contributed by atoms with E-state index < -0.39 is 4.87 Å². The van der Waals surface area contributed by atoms with E-state index >= 15 is 0 Å². The second-order valence-electron chi connectivity index (χ2n) is 8.16. The number of amidine groups is 1. The van der Waals surface area contributed by atoms with Crippen molar-refractivity contribution < 1.29 is 19.1 Å². The van der Waals surface area contributed by atoms with Gasteiger partial charge in [0.05, 0.1) is 12.3 Å². The number of ether oxygens (including phenoxy) is 1. The third-order valence-corrected chi connectivity index (χ3v) is 6.71. The molecule has 1 N–H and O–H groups in total. The third kappa shape index (κ3) is 4.20. The lowest BCUT2D eigenvalue weighted by Gasteiger charge is -2.29. The monoisotopic (exact) mass is 466 g/mol. The zero-order valence-electron chi connectivity index (χ0n) is 19.0. The Hall–Kier alpha value is -3.33. The lowest BCUT2D eigenvalue weighted by Crippen LogP contribution is -2.48. The molecule has 33 heavy (non-hydrogen) atoms. The highest BCUT2D eigenvalue weighted by Gasteiger charge is 2.61. The number of aryl methyl sites for hydroxylation is 2. The van der Waals surface area contributed by atoms with Crippen LogP contribution in [0.25, 0.3) is 0 Å².